The van der Waals surface area contributed by atoms with E-state index in [9.17, 15) is 4.79 Å². The van der Waals surface area contributed by atoms with Crippen LogP contribution in [0.15, 0.2) is 0 Å². The van der Waals surface area contributed by atoms with Gasteiger partial charge in [0.05, 0.1) is 6.04 Å². The number of nitrogens with two attached hydrogens (primary N) is 1. The van der Waals surface area contributed by atoms with Gasteiger partial charge in [-0.15, -0.1) is 12.4 Å². The van der Waals surface area contributed by atoms with Gasteiger partial charge in [-0.2, -0.15) is 0 Å². The highest BCUT2D eigenvalue weighted by molar-refractivity contribution is 5.85. The molecule has 0 aromatic carbocycles. The van der Waals surface area contributed by atoms with E-state index in [-0.39, 0.29) is 24.4 Å². The number of rotatable bonds is 4. The van der Waals surface area contributed by atoms with E-state index in [1.54, 1.807) is 0 Å². The van der Waals surface area contributed by atoms with Crippen LogP contribution in [0.2, 0.25) is 0 Å². The second-order valence-electron chi connectivity index (χ2n) is 4.78. The van der Waals surface area contributed by atoms with Crippen molar-refractivity contribution in [3.63, 3.8) is 0 Å². The van der Waals surface area contributed by atoms with E-state index >= 15 is 0 Å². The molecule has 0 aromatic heterocycles. The van der Waals surface area contributed by atoms with Gasteiger partial charge < -0.3 is 11.1 Å². The summed E-state index contributed by atoms with van der Waals surface area (Å²) in [5.41, 5.74) is 5.65. The average molecular weight is 249 g/mol. The first-order valence-corrected chi connectivity index (χ1v) is 6.18. The Labute approximate surface area is 105 Å². The molecule has 0 bridgehead atoms. The quantitative estimate of drug-likeness (QED) is 0.801. The van der Waals surface area contributed by atoms with Crippen LogP contribution in [0.3, 0.4) is 0 Å². The molecule has 0 aliphatic heterocycles. The van der Waals surface area contributed by atoms with E-state index in [2.05, 4.69) is 12.2 Å². The molecule has 0 aromatic rings. The molecule has 1 aliphatic rings. The number of amides is 1. The summed E-state index contributed by atoms with van der Waals surface area (Å²) in [6.07, 6.45) is 5.93. The maximum Gasteiger partial charge on any atom is 0.236 e. The molecule has 1 fully saturated rings. The second kappa shape index (κ2) is 7.91. The van der Waals surface area contributed by atoms with Gasteiger partial charge in [-0.1, -0.05) is 33.1 Å². The van der Waals surface area contributed by atoms with E-state index in [0.717, 1.165) is 12.5 Å². The Kier molecular flexibility index (Phi) is 7.77. The number of carbonyl (C=O) groups is 1. The van der Waals surface area contributed by atoms with Crippen LogP contribution < -0.4 is 11.1 Å². The Balaban J connectivity index is 0.00000225. The molecule has 1 saturated carbocycles. The summed E-state index contributed by atoms with van der Waals surface area (Å²) in [4.78, 5) is 11.5. The Bertz CT molecular complexity index is 211. The third-order valence-electron chi connectivity index (χ3n) is 3.60. The largest absolute Gasteiger partial charge is 0.354 e. The van der Waals surface area contributed by atoms with Gasteiger partial charge in [0, 0.05) is 6.54 Å². The van der Waals surface area contributed by atoms with E-state index in [1.807, 2.05) is 6.92 Å². The van der Waals surface area contributed by atoms with Crippen molar-refractivity contribution in [3.8, 4) is 0 Å². The third-order valence-corrected chi connectivity index (χ3v) is 3.60. The zero-order valence-electron chi connectivity index (χ0n) is 10.4. The summed E-state index contributed by atoms with van der Waals surface area (Å²) in [5, 5.41) is 2.97. The average Bonchev–Trinajstić information content (AvgIpc) is 2.26. The smallest absolute Gasteiger partial charge is 0.236 e. The summed E-state index contributed by atoms with van der Waals surface area (Å²) in [6, 6.07) is -0.330. The van der Waals surface area contributed by atoms with Gasteiger partial charge in [-0.05, 0) is 24.7 Å². The predicted molar refractivity (Wildman–Crippen MR) is 69.6 cm³/mol. The van der Waals surface area contributed by atoms with Crippen LogP contribution in [0.4, 0.5) is 0 Å². The molecule has 1 rings (SSSR count). The number of hydrogen-bond acceptors (Lipinski definition) is 2. The lowest BCUT2D eigenvalue weighted by Crippen LogP contribution is -2.43. The molecule has 4 heteroatoms. The van der Waals surface area contributed by atoms with Crippen LogP contribution in [0.5, 0.6) is 0 Å². The summed E-state index contributed by atoms with van der Waals surface area (Å²) >= 11 is 0. The van der Waals surface area contributed by atoms with Gasteiger partial charge >= 0.3 is 0 Å². The van der Waals surface area contributed by atoms with E-state index < -0.39 is 0 Å². The minimum Gasteiger partial charge on any atom is -0.354 e. The van der Waals surface area contributed by atoms with Crippen molar-refractivity contribution in [2.75, 3.05) is 6.54 Å². The number of nitrogens with one attached hydrogen (secondary N) is 1. The van der Waals surface area contributed by atoms with Crippen molar-refractivity contribution < 1.29 is 4.79 Å². The zero-order chi connectivity index (χ0) is 11.3. The van der Waals surface area contributed by atoms with Crippen LogP contribution in [-0.2, 0) is 4.79 Å². The Morgan fingerprint density at radius 3 is 2.62 bits per heavy atom. The summed E-state index contributed by atoms with van der Waals surface area (Å²) < 4.78 is 0. The molecule has 3 nitrogen and oxygen atoms in total. The maximum atomic E-state index is 11.5. The summed E-state index contributed by atoms with van der Waals surface area (Å²) in [5.74, 6) is 1.42. The normalized spacial score (nSPS) is 26.7. The number of halogens is 1. The lowest BCUT2D eigenvalue weighted by atomic mass is 9.80. The number of hydrogen-bond donors (Lipinski definition) is 2. The fraction of sp³-hybridized carbons (Fsp3) is 0.917. The van der Waals surface area contributed by atoms with E-state index in [4.69, 9.17) is 5.73 Å². The van der Waals surface area contributed by atoms with Crippen molar-refractivity contribution in [1.82, 2.24) is 5.32 Å². The van der Waals surface area contributed by atoms with Crippen molar-refractivity contribution in [2.24, 2.45) is 17.6 Å². The molecule has 0 spiro atoms. The molecule has 0 saturated heterocycles. The molecule has 0 radical (unpaired) electrons. The van der Waals surface area contributed by atoms with Crippen LogP contribution >= 0.6 is 12.4 Å². The predicted octanol–water partition coefficient (Wildman–Crippen LogP) is 2.09. The first kappa shape index (κ1) is 15.7. The Hall–Kier alpha value is -0.280. The molecule has 3 N–H and O–H groups in total. The van der Waals surface area contributed by atoms with Crippen LogP contribution in [-0.4, -0.2) is 18.5 Å². The first-order valence-electron chi connectivity index (χ1n) is 6.18. The molecule has 0 heterocycles. The van der Waals surface area contributed by atoms with Crippen molar-refractivity contribution in [1.29, 1.82) is 0 Å². The first-order chi connectivity index (χ1) is 7.15. The molecule has 16 heavy (non-hydrogen) atoms. The minimum absolute atomic E-state index is 0. The van der Waals surface area contributed by atoms with Gasteiger partial charge in [0.25, 0.3) is 0 Å². The third kappa shape index (κ3) is 4.71. The van der Waals surface area contributed by atoms with E-state index in [0.29, 0.717) is 12.3 Å². The van der Waals surface area contributed by atoms with Crippen LogP contribution in [0.1, 0.15) is 46.0 Å². The van der Waals surface area contributed by atoms with Crippen molar-refractivity contribution >= 4 is 18.3 Å². The summed E-state index contributed by atoms with van der Waals surface area (Å²) in [7, 11) is 0. The van der Waals surface area contributed by atoms with Crippen molar-refractivity contribution in [3.05, 3.63) is 0 Å². The molecule has 96 valence electrons. The number of carbonyl (C=O) groups excluding carboxylic acids is 1. The highest BCUT2D eigenvalue weighted by Crippen LogP contribution is 2.28. The fourth-order valence-electron chi connectivity index (χ4n) is 2.24. The molecule has 1 aliphatic carbocycles. The van der Waals surface area contributed by atoms with Crippen molar-refractivity contribution in [2.45, 2.75) is 52.0 Å². The fourth-order valence-corrected chi connectivity index (χ4v) is 2.24. The highest BCUT2D eigenvalue weighted by atomic mass is 35.5. The SMILES string of the molecule is CC[C@H](N)C(=O)NCC1CCCCC1C.Cl. The van der Waals surface area contributed by atoms with Gasteiger partial charge in [0.1, 0.15) is 0 Å². The maximum absolute atomic E-state index is 11.5. The molecular formula is C12H25ClN2O. The van der Waals surface area contributed by atoms with Gasteiger partial charge in [0.2, 0.25) is 5.91 Å². The Morgan fingerprint density at radius 2 is 2.06 bits per heavy atom. The molecule has 1 amide bonds. The lowest BCUT2D eigenvalue weighted by Gasteiger charge is -2.29. The standard InChI is InChI=1S/C12H24N2O.ClH/c1-3-11(13)12(15)14-8-10-7-5-4-6-9(10)2;/h9-11H,3-8,13H2,1-2H3,(H,14,15);1H/t9?,10?,11-;/m0./s1. The zero-order valence-corrected chi connectivity index (χ0v) is 11.2. The highest BCUT2D eigenvalue weighted by Gasteiger charge is 2.22. The van der Waals surface area contributed by atoms with E-state index in [1.165, 1.54) is 25.7 Å². The van der Waals surface area contributed by atoms with Crippen LogP contribution in [0, 0.1) is 11.8 Å². The van der Waals surface area contributed by atoms with Gasteiger partial charge in [-0.25, -0.2) is 0 Å². The molecular weight excluding hydrogens is 224 g/mol. The second-order valence-corrected chi connectivity index (χ2v) is 4.78. The lowest BCUT2D eigenvalue weighted by molar-refractivity contribution is -0.122. The molecule has 3 atom stereocenters. The Morgan fingerprint density at radius 1 is 1.44 bits per heavy atom. The monoisotopic (exact) mass is 248 g/mol. The summed E-state index contributed by atoms with van der Waals surface area (Å²) in [6.45, 7) is 5.04. The van der Waals surface area contributed by atoms with Gasteiger partial charge in [-0.3, -0.25) is 4.79 Å². The van der Waals surface area contributed by atoms with Crippen LogP contribution in [0.25, 0.3) is 0 Å². The van der Waals surface area contributed by atoms with Gasteiger partial charge in [0.15, 0.2) is 0 Å². The minimum atomic E-state index is -0.330. The molecule has 2 unspecified atom stereocenters. The topological polar surface area (TPSA) is 55.1 Å².